The van der Waals surface area contributed by atoms with Crippen LogP contribution in [-0.2, 0) is 11.2 Å². The zero-order valence-corrected chi connectivity index (χ0v) is 13.2. The molecule has 0 aromatic heterocycles. The van der Waals surface area contributed by atoms with Gasteiger partial charge in [0.05, 0.1) is 12.6 Å². The van der Waals surface area contributed by atoms with Crippen molar-refractivity contribution in [2.75, 3.05) is 13.6 Å². The fourth-order valence-electron chi connectivity index (χ4n) is 1.85. The van der Waals surface area contributed by atoms with Gasteiger partial charge in [-0.15, -0.1) is 0 Å². The van der Waals surface area contributed by atoms with Crippen LogP contribution >= 0.6 is 0 Å². The standard InChI is InChI=1S/C16H26N2O3/c1-16(2,3)21-15(20)18(4)11-14(19)13(17)10-12-8-6-5-7-9-12/h5-9,13-14,19H,10-11,17H2,1-4H3/t13-,14+/m0/s1. The van der Waals surface area contributed by atoms with Crippen molar-refractivity contribution in [3.63, 3.8) is 0 Å². The number of rotatable bonds is 5. The molecule has 0 aliphatic carbocycles. The Morgan fingerprint density at radius 3 is 2.43 bits per heavy atom. The van der Waals surface area contributed by atoms with Crippen molar-refractivity contribution in [2.24, 2.45) is 5.73 Å². The molecule has 1 rings (SSSR count). The van der Waals surface area contributed by atoms with E-state index in [-0.39, 0.29) is 6.54 Å². The minimum Gasteiger partial charge on any atom is -0.444 e. The highest BCUT2D eigenvalue weighted by atomic mass is 16.6. The van der Waals surface area contributed by atoms with Gasteiger partial charge >= 0.3 is 6.09 Å². The van der Waals surface area contributed by atoms with Gasteiger partial charge in [0.15, 0.2) is 0 Å². The van der Waals surface area contributed by atoms with E-state index in [2.05, 4.69) is 0 Å². The maximum atomic E-state index is 11.8. The molecule has 0 saturated carbocycles. The predicted molar refractivity (Wildman–Crippen MR) is 83.0 cm³/mol. The van der Waals surface area contributed by atoms with Crippen LogP contribution in [0.25, 0.3) is 0 Å². The van der Waals surface area contributed by atoms with Crippen LogP contribution in [0, 0.1) is 0 Å². The van der Waals surface area contributed by atoms with Gasteiger partial charge in [0.1, 0.15) is 5.60 Å². The highest BCUT2D eigenvalue weighted by Gasteiger charge is 2.23. The number of hydrogen-bond acceptors (Lipinski definition) is 4. The Bertz CT molecular complexity index is 443. The lowest BCUT2D eigenvalue weighted by atomic mass is 10.0. The fraction of sp³-hybridized carbons (Fsp3) is 0.562. The molecular weight excluding hydrogens is 268 g/mol. The predicted octanol–water partition coefficient (Wildman–Crippen LogP) is 1.78. The average molecular weight is 294 g/mol. The summed E-state index contributed by atoms with van der Waals surface area (Å²) in [6.07, 6.45) is -0.708. The summed E-state index contributed by atoms with van der Waals surface area (Å²) in [6, 6.07) is 9.29. The van der Waals surface area contributed by atoms with Crippen LogP contribution in [-0.4, -0.2) is 47.4 Å². The Hall–Kier alpha value is -1.59. The Morgan fingerprint density at radius 2 is 1.90 bits per heavy atom. The van der Waals surface area contributed by atoms with Gasteiger partial charge in [-0.3, -0.25) is 0 Å². The van der Waals surface area contributed by atoms with E-state index in [9.17, 15) is 9.90 Å². The monoisotopic (exact) mass is 294 g/mol. The molecule has 21 heavy (non-hydrogen) atoms. The van der Waals surface area contributed by atoms with E-state index < -0.39 is 23.8 Å². The number of ether oxygens (including phenoxy) is 1. The first-order valence-corrected chi connectivity index (χ1v) is 7.11. The number of nitrogens with two attached hydrogens (primary N) is 1. The van der Waals surface area contributed by atoms with Crippen LogP contribution < -0.4 is 5.73 Å². The molecule has 0 aliphatic heterocycles. The molecule has 0 heterocycles. The second kappa shape index (κ2) is 7.43. The molecule has 5 nitrogen and oxygen atoms in total. The SMILES string of the molecule is CN(C[C@@H](O)[C@@H](N)Cc1ccccc1)C(=O)OC(C)(C)C. The maximum absolute atomic E-state index is 11.8. The van der Waals surface area contributed by atoms with E-state index in [0.717, 1.165) is 5.56 Å². The molecular formula is C16H26N2O3. The largest absolute Gasteiger partial charge is 0.444 e. The van der Waals surface area contributed by atoms with Crippen molar-refractivity contribution in [3.05, 3.63) is 35.9 Å². The number of hydrogen-bond donors (Lipinski definition) is 2. The highest BCUT2D eigenvalue weighted by molar-refractivity contribution is 5.67. The minimum absolute atomic E-state index is 0.142. The molecule has 1 aromatic carbocycles. The summed E-state index contributed by atoms with van der Waals surface area (Å²) in [4.78, 5) is 13.2. The molecule has 0 fully saturated rings. The summed E-state index contributed by atoms with van der Waals surface area (Å²) in [5.41, 5.74) is 6.50. The van der Waals surface area contributed by atoms with Crippen LogP contribution in [0.1, 0.15) is 26.3 Å². The number of carbonyl (C=O) groups excluding carboxylic acids is 1. The van der Waals surface area contributed by atoms with Gasteiger partial charge in [-0.2, -0.15) is 0 Å². The summed E-state index contributed by atoms with van der Waals surface area (Å²) in [7, 11) is 1.59. The molecule has 0 radical (unpaired) electrons. The Morgan fingerprint density at radius 1 is 1.33 bits per heavy atom. The molecule has 2 atom stereocenters. The Kier molecular flexibility index (Phi) is 6.18. The summed E-state index contributed by atoms with van der Waals surface area (Å²) in [5, 5.41) is 10.1. The molecule has 0 unspecified atom stereocenters. The van der Waals surface area contributed by atoms with Crippen molar-refractivity contribution < 1.29 is 14.6 Å². The third kappa shape index (κ3) is 6.60. The van der Waals surface area contributed by atoms with E-state index in [1.54, 1.807) is 27.8 Å². The van der Waals surface area contributed by atoms with Crippen molar-refractivity contribution in [3.8, 4) is 0 Å². The molecule has 5 heteroatoms. The van der Waals surface area contributed by atoms with E-state index >= 15 is 0 Å². The fourth-order valence-corrected chi connectivity index (χ4v) is 1.85. The number of nitrogens with zero attached hydrogens (tertiary/aromatic N) is 1. The van der Waals surface area contributed by atoms with Gasteiger partial charge in [0.25, 0.3) is 0 Å². The summed E-state index contributed by atoms with van der Waals surface area (Å²) in [6.45, 7) is 5.55. The molecule has 0 bridgehead atoms. The molecule has 1 amide bonds. The van der Waals surface area contributed by atoms with Crippen LogP contribution in [0.5, 0.6) is 0 Å². The molecule has 0 saturated heterocycles. The number of aliphatic hydroxyl groups is 1. The lowest BCUT2D eigenvalue weighted by Gasteiger charge is -2.27. The van der Waals surface area contributed by atoms with Gasteiger partial charge in [-0.1, -0.05) is 30.3 Å². The van der Waals surface area contributed by atoms with Crippen LogP contribution in [0.2, 0.25) is 0 Å². The maximum Gasteiger partial charge on any atom is 0.410 e. The lowest BCUT2D eigenvalue weighted by molar-refractivity contribution is 0.0182. The number of amides is 1. The third-order valence-corrected chi connectivity index (χ3v) is 2.97. The first-order chi connectivity index (χ1) is 9.69. The number of benzene rings is 1. The normalized spacial score (nSPS) is 14.4. The summed E-state index contributed by atoms with van der Waals surface area (Å²) >= 11 is 0. The smallest absolute Gasteiger partial charge is 0.410 e. The topological polar surface area (TPSA) is 75.8 Å². The van der Waals surface area contributed by atoms with Gasteiger partial charge in [0.2, 0.25) is 0 Å². The molecule has 1 aromatic rings. The van der Waals surface area contributed by atoms with Gasteiger partial charge in [-0.05, 0) is 32.8 Å². The van der Waals surface area contributed by atoms with Crippen LogP contribution in [0.3, 0.4) is 0 Å². The first kappa shape index (κ1) is 17.5. The van der Waals surface area contributed by atoms with Crippen molar-refractivity contribution in [1.82, 2.24) is 4.90 Å². The van der Waals surface area contributed by atoms with Crippen LogP contribution in [0.4, 0.5) is 4.79 Å². The van der Waals surface area contributed by atoms with Gasteiger partial charge < -0.3 is 20.5 Å². The van der Waals surface area contributed by atoms with E-state index in [4.69, 9.17) is 10.5 Å². The van der Waals surface area contributed by atoms with Crippen LogP contribution in [0.15, 0.2) is 30.3 Å². The molecule has 3 N–H and O–H groups in total. The number of carbonyl (C=O) groups is 1. The van der Waals surface area contributed by atoms with E-state index in [1.165, 1.54) is 4.90 Å². The molecule has 118 valence electrons. The first-order valence-electron chi connectivity index (χ1n) is 7.11. The third-order valence-electron chi connectivity index (χ3n) is 2.97. The number of likely N-dealkylation sites (N-methyl/N-ethyl adjacent to an activating group) is 1. The zero-order valence-electron chi connectivity index (χ0n) is 13.2. The van der Waals surface area contributed by atoms with Crippen molar-refractivity contribution in [2.45, 2.75) is 44.9 Å². The molecule has 0 spiro atoms. The number of aliphatic hydroxyl groups excluding tert-OH is 1. The second-order valence-electron chi connectivity index (χ2n) is 6.28. The quantitative estimate of drug-likeness (QED) is 0.868. The van der Waals surface area contributed by atoms with E-state index in [1.807, 2.05) is 30.3 Å². The Balaban J connectivity index is 2.48. The van der Waals surface area contributed by atoms with Gasteiger partial charge in [-0.25, -0.2) is 4.79 Å². The second-order valence-corrected chi connectivity index (χ2v) is 6.28. The zero-order chi connectivity index (χ0) is 16.0. The van der Waals surface area contributed by atoms with Crippen molar-refractivity contribution >= 4 is 6.09 Å². The van der Waals surface area contributed by atoms with Gasteiger partial charge in [0, 0.05) is 13.1 Å². The lowest BCUT2D eigenvalue weighted by Crippen LogP contribution is -2.46. The van der Waals surface area contributed by atoms with E-state index in [0.29, 0.717) is 6.42 Å². The van der Waals surface area contributed by atoms with Crippen molar-refractivity contribution in [1.29, 1.82) is 0 Å². The average Bonchev–Trinajstić information content (AvgIpc) is 2.37. The molecule has 0 aliphatic rings. The highest BCUT2D eigenvalue weighted by Crippen LogP contribution is 2.10. The minimum atomic E-state index is -0.803. The summed E-state index contributed by atoms with van der Waals surface area (Å²) < 4.78 is 5.23. The Labute approximate surface area is 126 Å². The summed E-state index contributed by atoms with van der Waals surface area (Å²) in [5.74, 6) is 0.